The van der Waals surface area contributed by atoms with Gasteiger partial charge in [-0.25, -0.2) is 5.06 Å². The number of anilines is 1. The van der Waals surface area contributed by atoms with Crippen LogP contribution in [0.25, 0.3) is 0 Å². The van der Waals surface area contributed by atoms with Gasteiger partial charge in [-0.3, -0.25) is 4.84 Å². The lowest BCUT2D eigenvalue weighted by Gasteiger charge is -2.18. The quantitative estimate of drug-likeness (QED) is 0.753. The van der Waals surface area contributed by atoms with Crippen LogP contribution in [0.2, 0.25) is 5.02 Å². The van der Waals surface area contributed by atoms with E-state index in [9.17, 15) is 0 Å². The van der Waals surface area contributed by atoms with Crippen molar-refractivity contribution >= 4 is 34.5 Å². The molecule has 0 saturated carbocycles. The summed E-state index contributed by atoms with van der Waals surface area (Å²) in [5.74, 6) is 0. The molecule has 4 heteroatoms. The van der Waals surface area contributed by atoms with E-state index in [4.69, 9.17) is 28.7 Å². The number of hydrogen-bond donors (Lipinski definition) is 0. The van der Waals surface area contributed by atoms with Crippen LogP contribution in [0.15, 0.2) is 54.6 Å². The second kappa shape index (κ2) is 5.29. The van der Waals surface area contributed by atoms with Crippen LogP contribution in [0.3, 0.4) is 0 Å². The SMILES string of the molecule is S=C1CC(c2cccc(Cl)c2)ON1c1ccccc1. The van der Waals surface area contributed by atoms with Gasteiger partial charge in [0.05, 0.1) is 5.69 Å². The molecule has 19 heavy (non-hydrogen) atoms. The number of halogens is 1. The molecule has 1 unspecified atom stereocenters. The first-order valence-electron chi connectivity index (χ1n) is 6.04. The van der Waals surface area contributed by atoms with E-state index in [0.29, 0.717) is 11.4 Å². The van der Waals surface area contributed by atoms with E-state index in [1.165, 1.54) is 0 Å². The monoisotopic (exact) mass is 289 g/mol. The Hall–Kier alpha value is -1.42. The van der Waals surface area contributed by atoms with Gasteiger partial charge in [0.15, 0.2) is 0 Å². The van der Waals surface area contributed by atoms with Gasteiger partial charge in [-0.15, -0.1) is 0 Å². The van der Waals surface area contributed by atoms with Gasteiger partial charge in [-0.1, -0.05) is 54.2 Å². The molecule has 1 aliphatic heterocycles. The van der Waals surface area contributed by atoms with Crippen molar-refractivity contribution in [3.63, 3.8) is 0 Å². The van der Waals surface area contributed by atoms with E-state index in [2.05, 4.69) is 0 Å². The van der Waals surface area contributed by atoms with Crippen molar-refractivity contribution < 1.29 is 4.84 Å². The van der Waals surface area contributed by atoms with Crippen molar-refractivity contribution in [1.29, 1.82) is 0 Å². The van der Waals surface area contributed by atoms with E-state index in [-0.39, 0.29) is 6.10 Å². The Kier molecular flexibility index (Phi) is 3.51. The van der Waals surface area contributed by atoms with Crippen molar-refractivity contribution in [2.75, 3.05) is 5.06 Å². The Morgan fingerprint density at radius 2 is 1.89 bits per heavy atom. The predicted octanol–water partition coefficient (Wildman–Crippen LogP) is 4.55. The minimum atomic E-state index is -0.0635. The molecule has 2 aromatic rings. The third kappa shape index (κ3) is 2.63. The number of nitrogens with zero attached hydrogens (tertiary/aromatic N) is 1. The summed E-state index contributed by atoms with van der Waals surface area (Å²) in [6.07, 6.45) is 0.635. The average molecular weight is 290 g/mol. The lowest BCUT2D eigenvalue weighted by Crippen LogP contribution is -2.20. The third-order valence-electron chi connectivity index (χ3n) is 3.03. The molecule has 0 N–H and O–H groups in total. The number of hydroxylamine groups is 1. The highest BCUT2D eigenvalue weighted by molar-refractivity contribution is 7.80. The molecule has 1 aliphatic rings. The fraction of sp³-hybridized carbons (Fsp3) is 0.133. The number of thiocarbonyl (C=S) groups is 1. The number of rotatable bonds is 2. The summed E-state index contributed by atoms with van der Waals surface area (Å²) in [6.45, 7) is 0. The number of hydrogen-bond acceptors (Lipinski definition) is 2. The summed E-state index contributed by atoms with van der Waals surface area (Å²) < 4.78 is 0. The first-order valence-corrected chi connectivity index (χ1v) is 6.83. The molecule has 2 nitrogen and oxygen atoms in total. The molecule has 0 bridgehead atoms. The topological polar surface area (TPSA) is 12.5 Å². The Morgan fingerprint density at radius 3 is 2.63 bits per heavy atom. The van der Waals surface area contributed by atoms with Gasteiger partial charge < -0.3 is 0 Å². The summed E-state index contributed by atoms with van der Waals surface area (Å²) in [7, 11) is 0. The van der Waals surface area contributed by atoms with Gasteiger partial charge in [0.1, 0.15) is 11.1 Å². The summed E-state index contributed by atoms with van der Waals surface area (Å²) in [6, 6.07) is 17.6. The maximum Gasteiger partial charge on any atom is 0.118 e. The third-order valence-corrected chi connectivity index (χ3v) is 3.60. The van der Waals surface area contributed by atoms with Crippen LogP contribution in [0.1, 0.15) is 18.1 Å². The molecule has 0 radical (unpaired) electrons. The first-order chi connectivity index (χ1) is 9.24. The molecular formula is C15H12ClNOS. The van der Waals surface area contributed by atoms with Gasteiger partial charge in [0, 0.05) is 11.4 Å². The molecule has 1 saturated heterocycles. The minimum absolute atomic E-state index is 0.0635. The maximum absolute atomic E-state index is 6.01. The van der Waals surface area contributed by atoms with E-state index in [1.807, 2.05) is 54.6 Å². The Bertz CT molecular complexity index is 602. The van der Waals surface area contributed by atoms with Crippen LogP contribution in [0.4, 0.5) is 5.69 Å². The standard InChI is InChI=1S/C15H12ClNOS/c16-12-6-4-5-11(9-12)14-10-15(19)17(18-14)13-7-2-1-3-8-13/h1-9,14H,10H2. The highest BCUT2D eigenvalue weighted by Crippen LogP contribution is 2.34. The molecule has 1 fully saturated rings. The van der Waals surface area contributed by atoms with Crippen molar-refractivity contribution in [3.8, 4) is 0 Å². The van der Waals surface area contributed by atoms with Crippen LogP contribution in [0, 0.1) is 0 Å². The van der Waals surface area contributed by atoms with Crippen molar-refractivity contribution in [3.05, 3.63) is 65.2 Å². The maximum atomic E-state index is 6.01. The zero-order valence-corrected chi connectivity index (χ0v) is 11.7. The Morgan fingerprint density at radius 1 is 1.11 bits per heavy atom. The molecule has 3 rings (SSSR count). The van der Waals surface area contributed by atoms with Crippen LogP contribution in [-0.2, 0) is 4.84 Å². The molecule has 1 heterocycles. The second-order valence-corrected chi connectivity index (χ2v) is 5.28. The average Bonchev–Trinajstić information content (AvgIpc) is 2.82. The Balaban J connectivity index is 1.84. The lowest BCUT2D eigenvalue weighted by atomic mass is 10.1. The van der Waals surface area contributed by atoms with Crippen molar-refractivity contribution in [2.45, 2.75) is 12.5 Å². The van der Waals surface area contributed by atoms with Gasteiger partial charge >= 0.3 is 0 Å². The van der Waals surface area contributed by atoms with E-state index >= 15 is 0 Å². The van der Waals surface area contributed by atoms with Gasteiger partial charge in [-0.05, 0) is 29.8 Å². The van der Waals surface area contributed by atoms with Crippen LogP contribution < -0.4 is 5.06 Å². The van der Waals surface area contributed by atoms with Crippen LogP contribution in [0.5, 0.6) is 0 Å². The highest BCUT2D eigenvalue weighted by Gasteiger charge is 2.30. The molecule has 96 valence electrons. The van der Waals surface area contributed by atoms with Crippen LogP contribution in [-0.4, -0.2) is 4.99 Å². The van der Waals surface area contributed by atoms with Gasteiger partial charge in [-0.2, -0.15) is 0 Å². The number of benzene rings is 2. The van der Waals surface area contributed by atoms with E-state index < -0.39 is 0 Å². The van der Waals surface area contributed by atoms with Gasteiger partial charge in [0.25, 0.3) is 0 Å². The van der Waals surface area contributed by atoms with Crippen molar-refractivity contribution in [2.24, 2.45) is 0 Å². The molecule has 0 spiro atoms. The zero-order chi connectivity index (χ0) is 13.2. The first kappa shape index (κ1) is 12.6. The van der Waals surface area contributed by atoms with Gasteiger partial charge in [0.2, 0.25) is 0 Å². The fourth-order valence-corrected chi connectivity index (χ4v) is 2.62. The summed E-state index contributed by atoms with van der Waals surface area (Å²) in [4.78, 5) is 6.72. The fourth-order valence-electron chi connectivity index (χ4n) is 2.12. The number of para-hydroxylation sites is 1. The lowest BCUT2D eigenvalue weighted by molar-refractivity contribution is 0.0937. The zero-order valence-electron chi connectivity index (χ0n) is 10.1. The molecule has 0 amide bonds. The van der Waals surface area contributed by atoms with E-state index in [0.717, 1.165) is 16.2 Å². The van der Waals surface area contributed by atoms with Crippen molar-refractivity contribution in [1.82, 2.24) is 0 Å². The minimum Gasteiger partial charge on any atom is -0.260 e. The molecular weight excluding hydrogens is 278 g/mol. The smallest absolute Gasteiger partial charge is 0.118 e. The summed E-state index contributed by atoms with van der Waals surface area (Å²) in [5.41, 5.74) is 2.00. The van der Waals surface area contributed by atoms with E-state index in [1.54, 1.807) is 5.06 Å². The molecule has 0 aromatic heterocycles. The Labute approximate surface area is 122 Å². The second-order valence-electron chi connectivity index (χ2n) is 4.38. The predicted molar refractivity (Wildman–Crippen MR) is 81.4 cm³/mol. The van der Waals surface area contributed by atoms with Crippen LogP contribution >= 0.6 is 23.8 Å². The largest absolute Gasteiger partial charge is 0.260 e. The normalized spacial score (nSPS) is 18.9. The molecule has 2 aromatic carbocycles. The summed E-state index contributed by atoms with van der Waals surface area (Å²) in [5, 5.41) is 2.44. The summed E-state index contributed by atoms with van der Waals surface area (Å²) >= 11 is 11.4. The highest BCUT2D eigenvalue weighted by atomic mass is 35.5. The molecule has 1 atom stereocenters. The molecule has 0 aliphatic carbocycles.